The first-order valence-electron chi connectivity index (χ1n) is 12.5. The molecule has 0 unspecified atom stereocenters. The van der Waals surface area contributed by atoms with Crippen molar-refractivity contribution in [2.45, 2.75) is 45.1 Å². The molecule has 1 aromatic heterocycles. The summed E-state index contributed by atoms with van der Waals surface area (Å²) in [5.74, 6) is 1.89. The number of benzene rings is 2. The Bertz CT molecular complexity index is 1100. The fourth-order valence-electron chi connectivity index (χ4n) is 5.19. The number of aryl methyl sites for hydroxylation is 1. The minimum atomic E-state index is -0.330. The Hall–Kier alpha value is -2.64. The van der Waals surface area contributed by atoms with Crippen molar-refractivity contribution in [3.63, 3.8) is 0 Å². The second-order valence-electron chi connectivity index (χ2n) is 9.61. The molecule has 2 aliphatic rings. The van der Waals surface area contributed by atoms with E-state index in [1.165, 1.54) is 16.5 Å². The maximum absolute atomic E-state index is 12.3. The molecule has 0 atom stereocenters. The van der Waals surface area contributed by atoms with Gasteiger partial charge in [-0.3, -0.25) is 10.2 Å². The van der Waals surface area contributed by atoms with E-state index >= 15 is 0 Å². The van der Waals surface area contributed by atoms with Crippen LogP contribution in [-0.2, 0) is 4.74 Å². The lowest BCUT2D eigenvalue weighted by atomic mass is 9.85. The van der Waals surface area contributed by atoms with E-state index in [9.17, 15) is 4.79 Å². The number of amides is 1. The summed E-state index contributed by atoms with van der Waals surface area (Å²) in [5.41, 5.74) is 1.87. The highest BCUT2D eigenvalue weighted by molar-refractivity contribution is 7.13. The Morgan fingerprint density at radius 1 is 1.03 bits per heavy atom. The zero-order valence-electron chi connectivity index (χ0n) is 19.9. The van der Waals surface area contributed by atoms with Crippen molar-refractivity contribution in [1.82, 2.24) is 9.27 Å². The molecule has 7 heteroatoms. The largest absolute Gasteiger partial charge is 0.446 e. The van der Waals surface area contributed by atoms with Crippen molar-refractivity contribution in [3.8, 4) is 0 Å². The number of carbonyl (C=O) groups excluding carboxylic acids is 1. The number of piperazine rings is 1. The van der Waals surface area contributed by atoms with E-state index in [4.69, 9.17) is 9.11 Å². The van der Waals surface area contributed by atoms with Crippen LogP contribution in [0, 0.1) is 12.8 Å². The minimum absolute atomic E-state index is 0.0387. The standard InChI is InChI=1S/C27H34N4O2S/c1-20-6-2-4-8-24(20)28-27(32)33-22-12-10-21(11-13-22)14-15-30-16-18-31(19-17-30)26-23-7-3-5-9-25(23)34-29-26/h2-9,21-22H,10-19H2,1H3,(H,28,32). The number of hydrogen-bond acceptors (Lipinski definition) is 6. The van der Waals surface area contributed by atoms with Crippen LogP contribution in [0.5, 0.6) is 0 Å². The third-order valence-electron chi connectivity index (χ3n) is 7.33. The van der Waals surface area contributed by atoms with Crippen molar-refractivity contribution in [2.75, 3.05) is 42.9 Å². The van der Waals surface area contributed by atoms with E-state index in [2.05, 4.69) is 39.4 Å². The average molecular weight is 479 g/mol. The third-order valence-corrected chi connectivity index (χ3v) is 8.15. The summed E-state index contributed by atoms with van der Waals surface area (Å²) in [6.07, 6.45) is 5.18. The molecule has 6 nitrogen and oxygen atoms in total. The van der Waals surface area contributed by atoms with Gasteiger partial charge in [0, 0.05) is 37.3 Å². The van der Waals surface area contributed by atoms with E-state index in [0.29, 0.717) is 0 Å². The molecule has 2 heterocycles. The molecule has 0 bridgehead atoms. The predicted molar refractivity (Wildman–Crippen MR) is 140 cm³/mol. The molecule has 34 heavy (non-hydrogen) atoms. The van der Waals surface area contributed by atoms with E-state index in [1.807, 2.05) is 31.2 Å². The molecule has 180 valence electrons. The summed E-state index contributed by atoms with van der Waals surface area (Å²) in [7, 11) is 0. The van der Waals surface area contributed by atoms with Crippen molar-refractivity contribution < 1.29 is 9.53 Å². The predicted octanol–water partition coefficient (Wildman–Crippen LogP) is 5.92. The number of rotatable bonds is 6. The first-order chi connectivity index (χ1) is 16.7. The number of nitrogens with zero attached hydrogens (tertiary/aromatic N) is 3. The van der Waals surface area contributed by atoms with Gasteiger partial charge in [-0.25, -0.2) is 4.79 Å². The van der Waals surface area contributed by atoms with Gasteiger partial charge in [0.25, 0.3) is 0 Å². The topological polar surface area (TPSA) is 57.7 Å². The molecule has 2 aromatic carbocycles. The number of hydrogen-bond donors (Lipinski definition) is 1. The van der Waals surface area contributed by atoms with Crippen LogP contribution >= 0.6 is 11.5 Å². The number of aromatic nitrogens is 1. The van der Waals surface area contributed by atoms with Crippen LogP contribution in [0.3, 0.4) is 0 Å². The van der Waals surface area contributed by atoms with Crippen molar-refractivity contribution in [2.24, 2.45) is 5.92 Å². The lowest BCUT2D eigenvalue weighted by molar-refractivity contribution is 0.0709. The maximum Gasteiger partial charge on any atom is 0.411 e. The van der Waals surface area contributed by atoms with Crippen LogP contribution in [0.1, 0.15) is 37.7 Å². The van der Waals surface area contributed by atoms with Gasteiger partial charge in [0.2, 0.25) is 0 Å². The molecule has 0 spiro atoms. The Kier molecular flexibility index (Phi) is 7.30. The molecule has 5 rings (SSSR count). The number of nitrogens with one attached hydrogen (secondary N) is 1. The second-order valence-corrected chi connectivity index (χ2v) is 10.4. The Balaban J connectivity index is 1.01. The highest BCUT2D eigenvalue weighted by Gasteiger charge is 2.26. The van der Waals surface area contributed by atoms with Crippen molar-refractivity contribution >= 4 is 39.2 Å². The number of anilines is 2. The van der Waals surface area contributed by atoms with Gasteiger partial charge in [0.15, 0.2) is 0 Å². The molecule has 2 fully saturated rings. The normalized spacial score (nSPS) is 21.5. The SMILES string of the molecule is Cc1ccccc1NC(=O)OC1CCC(CCN2CCN(c3nsc4ccccc34)CC2)CC1. The first-order valence-corrected chi connectivity index (χ1v) is 13.3. The summed E-state index contributed by atoms with van der Waals surface area (Å²) in [5, 5.41) is 4.17. The molecule has 1 aliphatic heterocycles. The molecule has 3 aromatic rings. The van der Waals surface area contributed by atoms with E-state index in [1.54, 1.807) is 11.5 Å². The zero-order valence-corrected chi connectivity index (χ0v) is 20.7. The lowest BCUT2D eigenvalue weighted by Gasteiger charge is -2.36. The molecule has 1 saturated heterocycles. The van der Waals surface area contributed by atoms with Crippen LogP contribution in [-0.4, -0.2) is 54.2 Å². The number of para-hydroxylation sites is 1. The van der Waals surface area contributed by atoms with Gasteiger partial charge in [-0.2, -0.15) is 4.37 Å². The van der Waals surface area contributed by atoms with Gasteiger partial charge >= 0.3 is 6.09 Å². The molecule has 0 radical (unpaired) electrons. The summed E-state index contributed by atoms with van der Waals surface area (Å²) < 4.78 is 11.7. The van der Waals surface area contributed by atoms with Crippen molar-refractivity contribution in [1.29, 1.82) is 0 Å². The molecule has 1 N–H and O–H groups in total. The van der Waals surface area contributed by atoms with Crippen LogP contribution in [0.25, 0.3) is 10.1 Å². The fraction of sp³-hybridized carbons (Fsp3) is 0.481. The first kappa shape index (κ1) is 23.1. The average Bonchev–Trinajstić information content (AvgIpc) is 3.30. The molecule has 1 saturated carbocycles. The van der Waals surface area contributed by atoms with Crippen molar-refractivity contribution in [3.05, 3.63) is 54.1 Å². The summed E-state index contributed by atoms with van der Waals surface area (Å²) in [4.78, 5) is 17.3. The Morgan fingerprint density at radius 2 is 1.76 bits per heavy atom. The van der Waals surface area contributed by atoms with Crippen LogP contribution in [0.4, 0.5) is 16.3 Å². The Morgan fingerprint density at radius 3 is 2.56 bits per heavy atom. The summed E-state index contributed by atoms with van der Waals surface area (Å²) in [6.45, 7) is 7.44. The number of carbonyl (C=O) groups is 1. The smallest absolute Gasteiger partial charge is 0.411 e. The highest BCUT2D eigenvalue weighted by Crippen LogP contribution is 2.31. The lowest BCUT2D eigenvalue weighted by Crippen LogP contribution is -2.47. The highest BCUT2D eigenvalue weighted by atomic mass is 32.1. The van der Waals surface area contributed by atoms with Gasteiger partial charge < -0.3 is 9.64 Å². The van der Waals surface area contributed by atoms with Crippen LogP contribution in [0.2, 0.25) is 0 Å². The van der Waals surface area contributed by atoms with Gasteiger partial charge in [0.1, 0.15) is 11.9 Å². The second kappa shape index (κ2) is 10.7. The molecule has 1 amide bonds. The van der Waals surface area contributed by atoms with Gasteiger partial charge in [-0.1, -0.05) is 30.3 Å². The zero-order chi connectivity index (χ0) is 23.3. The number of fused-ring (bicyclic) bond motifs is 1. The van der Waals surface area contributed by atoms with Crippen LogP contribution < -0.4 is 10.2 Å². The monoisotopic (exact) mass is 478 g/mol. The maximum atomic E-state index is 12.3. The van der Waals surface area contributed by atoms with Crippen LogP contribution in [0.15, 0.2) is 48.5 Å². The van der Waals surface area contributed by atoms with E-state index < -0.39 is 0 Å². The molecular weight excluding hydrogens is 444 g/mol. The quantitative estimate of drug-likeness (QED) is 0.476. The van der Waals surface area contributed by atoms with Gasteiger partial charge in [-0.05, 0) is 86.8 Å². The molecule has 1 aliphatic carbocycles. The van der Waals surface area contributed by atoms with Gasteiger partial charge in [0.05, 0.1) is 4.70 Å². The molecular formula is C27H34N4O2S. The third kappa shape index (κ3) is 5.53. The number of ether oxygens (including phenoxy) is 1. The minimum Gasteiger partial charge on any atom is -0.446 e. The summed E-state index contributed by atoms with van der Waals surface area (Å²) in [6, 6.07) is 16.3. The van der Waals surface area contributed by atoms with Gasteiger partial charge in [-0.15, -0.1) is 0 Å². The van der Waals surface area contributed by atoms with E-state index in [0.717, 1.165) is 81.4 Å². The summed E-state index contributed by atoms with van der Waals surface area (Å²) >= 11 is 1.60. The fourth-order valence-corrected chi connectivity index (χ4v) is 5.99. The van der Waals surface area contributed by atoms with E-state index in [-0.39, 0.29) is 12.2 Å². The Labute approximate surface area is 206 Å².